The first-order chi connectivity index (χ1) is 8.48. The summed E-state index contributed by atoms with van der Waals surface area (Å²) in [6, 6.07) is 8.68. The van der Waals surface area contributed by atoms with Crippen molar-refractivity contribution in [1.82, 2.24) is 5.32 Å². The standard InChI is InChI=1S/C16H26BrN/c1-5-9-18-12-16(4,13(2)3)11-14-7-6-8-15(17)10-14/h6-8,10,13,18H,5,9,11-12H2,1-4H3. The van der Waals surface area contributed by atoms with E-state index in [-0.39, 0.29) is 0 Å². The predicted octanol–water partition coefficient (Wildman–Crippen LogP) is 4.65. The minimum absolute atomic E-state index is 0.315. The average molecular weight is 312 g/mol. The maximum Gasteiger partial charge on any atom is 0.0177 e. The molecule has 0 fully saturated rings. The summed E-state index contributed by atoms with van der Waals surface area (Å²) in [7, 11) is 0. The van der Waals surface area contributed by atoms with Crippen LogP contribution >= 0.6 is 15.9 Å². The second kappa shape index (κ2) is 7.30. The van der Waals surface area contributed by atoms with Gasteiger partial charge in [0.2, 0.25) is 0 Å². The average Bonchev–Trinajstić information content (AvgIpc) is 2.29. The molecule has 1 N–H and O–H groups in total. The molecular formula is C16H26BrN. The largest absolute Gasteiger partial charge is 0.316 e. The molecule has 0 aromatic heterocycles. The van der Waals surface area contributed by atoms with Crippen LogP contribution in [-0.4, -0.2) is 13.1 Å². The van der Waals surface area contributed by atoms with Gasteiger partial charge in [-0.1, -0.05) is 55.8 Å². The molecule has 1 aromatic carbocycles. The molecule has 0 spiro atoms. The Balaban J connectivity index is 2.72. The highest BCUT2D eigenvalue weighted by Gasteiger charge is 2.28. The Kier molecular flexibility index (Phi) is 6.37. The summed E-state index contributed by atoms with van der Waals surface area (Å²) in [5.74, 6) is 0.667. The van der Waals surface area contributed by atoms with Crippen molar-refractivity contribution in [2.75, 3.05) is 13.1 Å². The van der Waals surface area contributed by atoms with Crippen LogP contribution in [-0.2, 0) is 6.42 Å². The Morgan fingerprint density at radius 1 is 1.33 bits per heavy atom. The molecule has 0 bridgehead atoms. The molecule has 2 heteroatoms. The molecule has 102 valence electrons. The van der Waals surface area contributed by atoms with Gasteiger partial charge in [0.05, 0.1) is 0 Å². The molecule has 1 rings (SSSR count). The quantitative estimate of drug-likeness (QED) is 0.722. The maximum atomic E-state index is 3.58. The molecule has 0 heterocycles. The Hall–Kier alpha value is -0.340. The first-order valence-electron chi connectivity index (χ1n) is 6.93. The summed E-state index contributed by atoms with van der Waals surface area (Å²) < 4.78 is 1.17. The number of hydrogen-bond donors (Lipinski definition) is 1. The van der Waals surface area contributed by atoms with Gasteiger partial charge in [-0.15, -0.1) is 0 Å². The molecule has 0 saturated heterocycles. The third-order valence-corrected chi connectivity index (χ3v) is 4.34. The van der Waals surface area contributed by atoms with E-state index in [0.717, 1.165) is 19.5 Å². The lowest BCUT2D eigenvalue weighted by Gasteiger charge is -2.34. The highest BCUT2D eigenvalue weighted by Crippen LogP contribution is 2.31. The molecule has 1 unspecified atom stereocenters. The number of rotatable bonds is 7. The van der Waals surface area contributed by atoms with E-state index in [4.69, 9.17) is 0 Å². The van der Waals surface area contributed by atoms with Crippen LogP contribution in [0.15, 0.2) is 28.7 Å². The highest BCUT2D eigenvalue weighted by atomic mass is 79.9. The van der Waals surface area contributed by atoms with Gasteiger partial charge >= 0.3 is 0 Å². The van der Waals surface area contributed by atoms with Crippen molar-refractivity contribution in [3.05, 3.63) is 34.3 Å². The Labute approximate surface area is 120 Å². The van der Waals surface area contributed by atoms with Gasteiger partial charge in [0, 0.05) is 11.0 Å². The topological polar surface area (TPSA) is 12.0 Å². The summed E-state index contributed by atoms with van der Waals surface area (Å²) >= 11 is 3.55. The number of benzene rings is 1. The molecule has 0 aliphatic carbocycles. The monoisotopic (exact) mass is 311 g/mol. The van der Waals surface area contributed by atoms with Crippen LogP contribution in [0.5, 0.6) is 0 Å². The van der Waals surface area contributed by atoms with Crippen molar-refractivity contribution in [2.45, 2.75) is 40.5 Å². The molecule has 1 nitrogen and oxygen atoms in total. The van der Waals surface area contributed by atoms with Crippen molar-refractivity contribution in [3.8, 4) is 0 Å². The normalized spacial score (nSPS) is 14.8. The zero-order valence-corrected chi connectivity index (χ0v) is 13.7. The second-order valence-electron chi connectivity index (χ2n) is 5.79. The van der Waals surface area contributed by atoms with Gasteiger partial charge < -0.3 is 5.32 Å². The van der Waals surface area contributed by atoms with Crippen LogP contribution < -0.4 is 5.32 Å². The zero-order valence-electron chi connectivity index (χ0n) is 12.1. The van der Waals surface area contributed by atoms with E-state index in [1.165, 1.54) is 16.5 Å². The lowest BCUT2D eigenvalue weighted by atomic mass is 9.74. The summed E-state index contributed by atoms with van der Waals surface area (Å²) in [5, 5.41) is 3.58. The van der Waals surface area contributed by atoms with E-state index >= 15 is 0 Å². The van der Waals surface area contributed by atoms with Crippen molar-refractivity contribution in [3.63, 3.8) is 0 Å². The van der Waals surface area contributed by atoms with E-state index in [1.807, 2.05) is 0 Å². The third kappa shape index (κ3) is 4.74. The first kappa shape index (κ1) is 15.7. The summed E-state index contributed by atoms with van der Waals surface area (Å²) in [4.78, 5) is 0. The molecular weight excluding hydrogens is 286 g/mol. The van der Waals surface area contributed by atoms with Crippen molar-refractivity contribution in [2.24, 2.45) is 11.3 Å². The van der Waals surface area contributed by atoms with Gasteiger partial charge in [-0.05, 0) is 48.4 Å². The van der Waals surface area contributed by atoms with Crippen LogP contribution in [0.3, 0.4) is 0 Å². The molecule has 0 aliphatic heterocycles. The number of nitrogens with one attached hydrogen (secondary N) is 1. The third-order valence-electron chi connectivity index (χ3n) is 3.85. The fraction of sp³-hybridized carbons (Fsp3) is 0.625. The molecule has 1 atom stereocenters. The van der Waals surface area contributed by atoms with Crippen LogP contribution in [0.4, 0.5) is 0 Å². The van der Waals surface area contributed by atoms with Crippen molar-refractivity contribution >= 4 is 15.9 Å². The summed E-state index contributed by atoms with van der Waals surface area (Å²) in [6.45, 7) is 11.5. The van der Waals surface area contributed by atoms with Gasteiger partial charge in [0.1, 0.15) is 0 Å². The maximum absolute atomic E-state index is 3.58. The zero-order chi connectivity index (χ0) is 13.6. The van der Waals surface area contributed by atoms with Crippen LogP contribution in [0.2, 0.25) is 0 Å². The van der Waals surface area contributed by atoms with Crippen molar-refractivity contribution < 1.29 is 0 Å². The Morgan fingerprint density at radius 3 is 2.61 bits per heavy atom. The van der Waals surface area contributed by atoms with Crippen LogP contribution in [0.25, 0.3) is 0 Å². The van der Waals surface area contributed by atoms with Gasteiger partial charge in [-0.2, -0.15) is 0 Å². The lowest BCUT2D eigenvalue weighted by molar-refractivity contribution is 0.207. The predicted molar refractivity (Wildman–Crippen MR) is 84.0 cm³/mol. The molecule has 0 saturated carbocycles. The number of hydrogen-bond acceptors (Lipinski definition) is 1. The van der Waals surface area contributed by atoms with Gasteiger partial charge in [0.25, 0.3) is 0 Å². The minimum atomic E-state index is 0.315. The van der Waals surface area contributed by atoms with Crippen LogP contribution in [0, 0.1) is 11.3 Å². The molecule has 1 aromatic rings. The van der Waals surface area contributed by atoms with E-state index < -0.39 is 0 Å². The fourth-order valence-corrected chi connectivity index (χ4v) is 2.58. The highest BCUT2D eigenvalue weighted by molar-refractivity contribution is 9.10. The van der Waals surface area contributed by atoms with Gasteiger partial charge in [-0.3, -0.25) is 0 Å². The van der Waals surface area contributed by atoms with Gasteiger partial charge in [-0.25, -0.2) is 0 Å². The molecule has 0 amide bonds. The lowest BCUT2D eigenvalue weighted by Crippen LogP contribution is -2.38. The smallest absolute Gasteiger partial charge is 0.0177 e. The summed E-state index contributed by atoms with van der Waals surface area (Å²) in [5.41, 5.74) is 1.73. The molecule has 18 heavy (non-hydrogen) atoms. The van der Waals surface area contributed by atoms with Gasteiger partial charge in [0.15, 0.2) is 0 Å². The molecule has 0 aliphatic rings. The SMILES string of the molecule is CCCNCC(C)(Cc1cccc(Br)c1)C(C)C. The van der Waals surface area contributed by atoms with E-state index in [1.54, 1.807) is 0 Å². The minimum Gasteiger partial charge on any atom is -0.316 e. The molecule has 0 radical (unpaired) electrons. The van der Waals surface area contributed by atoms with Crippen LogP contribution in [0.1, 0.15) is 39.7 Å². The van der Waals surface area contributed by atoms with E-state index in [2.05, 4.69) is 73.2 Å². The van der Waals surface area contributed by atoms with E-state index in [9.17, 15) is 0 Å². The second-order valence-corrected chi connectivity index (χ2v) is 6.71. The Bertz CT molecular complexity index is 362. The Morgan fingerprint density at radius 2 is 2.06 bits per heavy atom. The summed E-state index contributed by atoms with van der Waals surface area (Å²) in [6.07, 6.45) is 2.33. The van der Waals surface area contributed by atoms with E-state index in [0.29, 0.717) is 11.3 Å². The fourth-order valence-electron chi connectivity index (χ4n) is 2.13. The first-order valence-corrected chi connectivity index (χ1v) is 7.72. The number of halogens is 1. The van der Waals surface area contributed by atoms with Crippen molar-refractivity contribution in [1.29, 1.82) is 0 Å².